The molecule has 0 fully saturated rings. The summed E-state index contributed by atoms with van der Waals surface area (Å²) in [7, 11) is -3.91. The molecular weight excluding hydrogens is 452 g/mol. The topological polar surface area (TPSA) is 66.5 Å². The Morgan fingerprint density at radius 2 is 1.55 bits per heavy atom. The number of halogens is 1. The van der Waals surface area contributed by atoms with Gasteiger partial charge in [0.25, 0.3) is 10.0 Å². The molecule has 0 aromatic heterocycles. The van der Waals surface area contributed by atoms with Crippen molar-refractivity contribution in [2.45, 2.75) is 18.2 Å². The molecule has 3 aromatic rings. The summed E-state index contributed by atoms with van der Waals surface area (Å²) >= 11 is 3.38. The van der Waals surface area contributed by atoms with Crippen molar-refractivity contribution < 1.29 is 13.2 Å². The molecule has 0 aliphatic carbocycles. The van der Waals surface area contributed by atoms with E-state index in [1.807, 2.05) is 25.1 Å². The summed E-state index contributed by atoms with van der Waals surface area (Å²) < 4.78 is 28.4. The first kappa shape index (κ1) is 21.1. The second-order valence-corrected chi connectivity index (χ2v) is 9.09. The molecule has 0 aliphatic rings. The van der Waals surface area contributed by atoms with Crippen molar-refractivity contribution in [2.24, 2.45) is 0 Å². The van der Waals surface area contributed by atoms with E-state index in [1.165, 1.54) is 12.1 Å². The van der Waals surface area contributed by atoms with Crippen molar-refractivity contribution in [3.8, 4) is 0 Å². The summed E-state index contributed by atoms with van der Waals surface area (Å²) in [4.78, 5) is 12.8. The number of carbonyl (C=O) groups excluding carboxylic acids is 1. The smallest absolute Gasteiger partial charge is 0.264 e. The molecule has 3 aromatic carbocycles. The van der Waals surface area contributed by atoms with Crippen LogP contribution in [0.2, 0.25) is 0 Å². The van der Waals surface area contributed by atoms with Crippen LogP contribution in [0.25, 0.3) is 0 Å². The molecule has 0 aliphatic heterocycles. The van der Waals surface area contributed by atoms with E-state index in [9.17, 15) is 13.2 Å². The fourth-order valence-corrected chi connectivity index (χ4v) is 4.64. The van der Waals surface area contributed by atoms with E-state index in [4.69, 9.17) is 0 Å². The number of amides is 1. The molecule has 5 nitrogen and oxygen atoms in total. The van der Waals surface area contributed by atoms with Crippen LogP contribution in [0, 0.1) is 0 Å². The van der Waals surface area contributed by atoms with Crippen molar-refractivity contribution in [3.05, 3.63) is 88.9 Å². The van der Waals surface area contributed by atoms with Gasteiger partial charge in [-0.2, -0.15) is 0 Å². The number of nitrogens with zero attached hydrogens (tertiary/aromatic N) is 1. The Kier molecular flexibility index (Phi) is 6.71. The standard InChI is InChI=1S/C22H21BrN2O3S/c1-2-17-12-14-18(15-13-17)25(29(27,28)19-8-4-3-5-9-19)16-22(26)24-21-11-7-6-10-20(21)23/h3-15H,2,16H2,1H3,(H,24,26). The van der Waals surface area contributed by atoms with E-state index in [2.05, 4.69) is 21.2 Å². The van der Waals surface area contributed by atoms with Crippen LogP contribution >= 0.6 is 15.9 Å². The number of para-hydroxylation sites is 1. The van der Waals surface area contributed by atoms with Gasteiger partial charge in [0.15, 0.2) is 0 Å². The molecule has 0 bridgehead atoms. The zero-order chi connectivity index (χ0) is 20.9. The van der Waals surface area contributed by atoms with E-state index >= 15 is 0 Å². The summed E-state index contributed by atoms with van der Waals surface area (Å²) in [5.41, 5.74) is 2.10. The Morgan fingerprint density at radius 1 is 0.931 bits per heavy atom. The van der Waals surface area contributed by atoms with Crippen molar-refractivity contribution in [1.29, 1.82) is 0 Å². The van der Waals surface area contributed by atoms with E-state index in [0.29, 0.717) is 11.4 Å². The third-order valence-electron chi connectivity index (χ3n) is 4.40. The van der Waals surface area contributed by atoms with Crippen molar-refractivity contribution in [1.82, 2.24) is 0 Å². The largest absolute Gasteiger partial charge is 0.323 e. The van der Waals surface area contributed by atoms with Gasteiger partial charge in [-0.05, 0) is 64.3 Å². The second-order valence-electron chi connectivity index (χ2n) is 6.37. The average Bonchev–Trinajstić information content (AvgIpc) is 2.74. The maximum absolute atomic E-state index is 13.3. The van der Waals surface area contributed by atoms with Crippen LogP contribution in [0.15, 0.2) is 88.2 Å². The van der Waals surface area contributed by atoms with Crippen LogP contribution in [0.1, 0.15) is 12.5 Å². The van der Waals surface area contributed by atoms with E-state index in [0.717, 1.165) is 20.8 Å². The Bertz CT molecular complexity index is 1080. The number of hydrogen-bond acceptors (Lipinski definition) is 3. The Balaban J connectivity index is 1.94. The monoisotopic (exact) mass is 472 g/mol. The predicted octanol–water partition coefficient (Wildman–Crippen LogP) is 4.85. The maximum atomic E-state index is 13.3. The molecule has 1 amide bonds. The molecule has 0 heterocycles. The number of sulfonamides is 1. The molecule has 29 heavy (non-hydrogen) atoms. The van der Waals surface area contributed by atoms with Gasteiger partial charge >= 0.3 is 0 Å². The number of benzene rings is 3. The molecule has 1 N–H and O–H groups in total. The fourth-order valence-electron chi connectivity index (χ4n) is 2.82. The van der Waals surface area contributed by atoms with E-state index < -0.39 is 15.9 Å². The van der Waals surface area contributed by atoms with Crippen molar-refractivity contribution >= 4 is 43.2 Å². The zero-order valence-electron chi connectivity index (χ0n) is 15.9. The lowest BCUT2D eigenvalue weighted by molar-refractivity contribution is -0.114. The SMILES string of the molecule is CCc1ccc(N(CC(=O)Nc2ccccc2Br)S(=O)(=O)c2ccccc2)cc1. The first-order chi connectivity index (χ1) is 13.9. The first-order valence-electron chi connectivity index (χ1n) is 9.13. The number of rotatable bonds is 7. The van der Waals surface area contributed by atoms with Gasteiger partial charge in [0, 0.05) is 4.47 Å². The highest BCUT2D eigenvalue weighted by molar-refractivity contribution is 9.10. The minimum atomic E-state index is -3.91. The third kappa shape index (κ3) is 5.05. The minimum Gasteiger partial charge on any atom is -0.323 e. The fraction of sp³-hybridized carbons (Fsp3) is 0.136. The quantitative estimate of drug-likeness (QED) is 0.534. The summed E-state index contributed by atoms with van der Waals surface area (Å²) in [5.74, 6) is -0.434. The van der Waals surface area contributed by atoms with Gasteiger partial charge < -0.3 is 5.32 Å². The Hall–Kier alpha value is -2.64. The van der Waals surface area contributed by atoms with Gasteiger partial charge in [0.1, 0.15) is 6.54 Å². The van der Waals surface area contributed by atoms with Gasteiger partial charge in [0.05, 0.1) is 16.3 Å². The first-order valence-corrected chi connectivity index (χ1v) is 11.4. The van der Waals surface area contributed by atoms with Gasteiger partial charge in [-0.15, -0.1) is 0 Å². The lowest BCUT2D eigenvalue weighted by Gasteiger charge is -2.24. The van der Waals surface area contributed by atoms with Crippen LogP contribution < -0.4 is 9.62 Å². The molecule has 0 saturated heterocycles. The van der Waals surface area contributed by atoms with Crippen LogP contribution in [-0.2, 0) is 21.2 Å². The molecule has 0 atom stereocenters. The molecule has 0 spiro atoms. The zero-order valence-corrected chi connectivity index (χ0v) is 18.3. The summed E-state index contributed by atoms with van der Waals surface area (Å²) in [6.07, 6.45) is 0.842. The number of nitrogens with one attached hydrogen (secondary N) is 1. The molecule has 3 rings (SSSR count). The lowest BCUT2D eigenvalue weighted by Crippen LogP contribution is -2.38. The van der Waals surface area contributed by atoms with Gasteiger partial charge in [-0.3, -0.25) is 9.10 Å². The number of anilines is 2. The molecule has 0 radical (unpaired) electrons. The summed E-state index contributed by atoms with van der Waals surface area (Å²) in [6.45, 7) is 1.68. The van der Waals surface area contributed by atoms with Gasteiger partial charge in [-0.25, -0.2) is 8.42 Å². The van der Waals surface area contributed by atoms with Crippen LogP contribution in [-0.4, -0.2) is 20.9 Å². The van der Waals surface area contributed by atoms with Crippen LogP contribution in [0.4, 0.5) is 11.4 Å². The number of aryl methyl sites for hydroxylation is 1. The Labute approximate surface area is 179 Å². The average molecular weight is 473 g/mol. The highest BCUT2D eigenvalue weighted by Crippen LogP contribution is 2.25. The van der Waals surface area contributed by atoms with Crippen molar-refractivity contribution in [3.63, 3.8) is 0 Å². The Morgan fingerprint density at radius 3 is 2.17 bits per heavy atom. The van der Waals surface area contributed by atoms with Crippen molar-refractivity contribution in [2.75, 3.05) is 16.2 Å². The number of carbonyl (C=O) groups is 1. The highest BCUT2D eigenvalue weighted by Gasteiger charge is 2.27. The molecule has 0 saturated carbocycles. The number of hydrogen-bond donors (Lipinski definition) is 1. The molecule has 7 heteroatoms. The minimum absolute atomic E-state index is 0.133. The highest BCUT2D eigenvalue weighted by atomic mass is 79.9. The van der Waals surface area contributed by atoms with Gasteiger partial charge in [0.2, 0.25) is 5.91 Å². The molecular formula is C22H21BrN2O3S. The van der Waals surface area contributed by atoms with Crippen LogP contribution in [0.5, 0.6) is 0 Å². The third-order valence-corrected chi connectivity index (χ3v) is 6.88. The second kappa shape index (κ2) is 9.24. The van der Waals surface area contributed by atoms with Crippen LogP contribution in [0.3, 0.4) is 0 Å². The molecule has 0 unspecified atom stereocenters. The summed E-state index contributed by atoms with van der Waals surface area (Å²) in [6, 6.07) is 22.5. The predicted molar refractivity (Wildman–Crippen MR) is 120 cm³/mol. The maximum Gasteiger partial charge on any atom is 0.264 e. The van der Waals surface area contributed by atoms with E-state index in [-0.39, 0.29) is 11.4 Å². The lowest BCUT2D eigenvalue weighted by atomic mass is 10.1. The summed E-state index contributed by atoms with van der Waals surface area (Å²) in [5, 5.41) is 2.76. The van der Waals surface area contributed by atoms with E-state index in [1.54, 1.807) is 48.5 Å². The van der Waals surface area contributed by atoms with Gasteiger partial charge in [-0.1, -0.05) is 49.4 Å². The normalized spacial score (nSPS) is 11.1. The molecule has 150 valence electrons.